The zero-order valence-electron chi connectivity index (χ0n) is 11.2. The molecule has 0 radical (unpaired) electrons. The molecule has 0 spiro atoms. The number of rotatable bonds is 6. The van der Waals surface area contributed by atoms with Crippen molar-refractivity contribution in [2.45, 2.75) is 19.6 Å². The second kappa shape index (κ2) is 7.31. The second-order valence-corrected chi connectivity index (χ2v) is 4.49. The number of oxime groups is 1. The van der Waals surface area contributed by atoms with Gasteiger partial charge >= 0.3 is 0 Å². The normalized spacial score (nSPS) is 11.3. The fourth-order valence-electron chi connectivity index (χ4n) is 1.77. The van der Waals surface area contributed by atoms with Crippen molar-refractivity contribution in [2.75, 3.05) is 0 Å². The molecule has 2 aromatic rings. The van der Waals surface area contributed by atoms with Gasteiger partial charge in [0.15, 0.2) is 0 Å². The summed E-state index contributed by atoms with van der Waals surface area (Å²) in [4.78, 5) is 5.23. The van der Waals surface area contributed by atoms with Gasteiger partial charge in [-0.3, -0.25) is 0 Å². The van der Waals surface area contributed by atoms with E-state index in [1.807, 2.05) is 54.6 Å². The minimum atomic E-state index is 0.0450. The van der Waals surface area contributed by atoms with Crippen LogP contribution in [-0.2, 0) is 24.5 Å². The summed E-state index contributed by atoms with van der Waals surface area (Å²) in [6.45, 7) is 0.407. The van der Waals surface area contributed by atoms with Crippen molar-refractivity contribution in [1.29, 1.82) is 0 Å². The first kappa shape index (κ1) is 14.1. The quantitative estimate of drug-likeness (QED) is 0.480. The lowest BCUT2D eigenvalue weighted by atomic mass is 10.1. The van der Waals surface area contributed by atoms with Gasteiger partial charge in [-0.15, -0.1) is 0 Å². The predicted octanol–water partition coefficient (Wildman–Crippen LogP) is 2.21. The summed E-state index contributed by atoms with van der Waals surface area (Å²) in [7, 11) is 0. The molecule has 0 aliphatic carbocycles. The highest BCUT2D eigenvalue weighted by atomic mass is 16.6. The first-order valence-electron chi connectivity index (χ1n) is 6.45. The summed E-state index contributed by atoms with van der Waals surface area (Å²) in [6, 6.07) is 17.4. The molecule has 3 N–H and O–H groups in total. The summed E-state index contributed by atoms with van der Waals surface area (Å²) in [6.07, 6.45) is 0.574. The molecule has 0 bridgehead atoms. The Balaban J connectivity index is 1.82. The van der Waals surface area contributed by atoms with E-state index in [-0.39, 0.29) is 6.61 Å². The molecule has 4 heteroatoms. The number of hydrogen-bond donors (Lipinski definition) is 2. The molecule has 0 fully saturated rings. The van der Waals surface area contributed by atoms with Crippen molar-refractivity contribution in [3.05, 3.63) is 71.3 Å². The van der Waals surface area contributed by atoms with E-state index in [0.717, 1.165) is 16.7 Å². The van der Waals surface area contributed by atoms with Crippen LogP contribution in [0.5, 0.6) is 0 Å². The minimum absolute atomic E-state index is 0.0450. The molecule has 0 unspecified atom stereocenters. The molecular formula is C16H18N2O2. The lowest BCUT2D eigenvalue weighted by Gasteiger charge is -2.03. The van der Waals surface area contributed by atoms with Crippen LogP contribution in [0.2, 0.25) is 0 Å². The molecule has 0 aliphatic rings. The lowest BCUT2D eigenvalue weighted by molar-refractivity contribution is 0.129. The van der Waals surface area contributed by atoms with Crippen LogP contribution in [0.1, 0.15) is 16.7 Å². The zero-order valence-corrected chi connectivity index (χ0v) is 11.2. The van der Waals surface area contributed by atoms with E-state index in [0.29, 0.717) is 18.9 Å². The Labute approximate surface area is 118 Å². The monoisotopic (exact) mass is 270 g/mol. The van der Waals surface area contributed by atoms with Crippen molar-refractivity contribution < 1.29 is 9.94 Å². The van der Waals surface area contributed by atoms with Gasteiger partial charge in [-0.05, 0) is 16.7 Å². The highest BCUT2D eigenvalue weighted by Gasteiger charge is 1.98. The van der Waals surface area contributed by atoms with Crippen molar-refractivity contribution in [3.8, 4) is 0 Å². The summed E-state index contributed by atoms with van der Waals surface area (Å²) >= 11 is 0. The molecule has 0 heterocycles. The Morgan fingerprint density at radius 3 is 2.25 bits per heavy atom. The summed E-state index contributed by atoms with van der Waals surface area (Å²) in [5.74, 6) is 0.447. The van der Waals surface area contributed by atoms with Crippen LogP contribution in [0, 0.1) is 0 Å². The second-order valence-electron chi connectivity index (χ2n) is 4.49. The summed E-state index contributed by atoms with van der Waals surface area (Å²) < 4.78 is 0. The highest BCUT2D eigenvalue weighted by Crippen LogP contribution is 2.06. The van der Waals surface area contributed by atoms with Gasteiger partial charge in [0.1, 0.15) is 12.4 Å². The third kappa shape index (κ3) is 4.40. The Hall–Kier alpha value is -2.33. The van der Waals surface area contributed by atoms with Gasteiger partial charge < -0.3 is 15.7 Å². The van der Waals surface area contributed by atoms with Gasteiger partial charge in [-0.2, -0.15) is 0 Å². The molecule has 0 atom stereocenters. The molecule has 0 amide bonds. The molecule has 0 aromatic heterocycles. The Morgan fingerprint density at radius 1 is 0.950 bits per heavy atom. The number of benzene rings is 2. The maximum atomic E-state index is 8.95. The van der Waals surface area contributed by atoms with Crippen LogP contribution in [0.25, 0.3) is 0 Å². The Kier molecular flexibility index (Phi) is 5.15. The molecule has 2 rings (SSSR count). The number of nitrogens with zero attached hydrogens (tertiary/aromatic N) is 1. The maximum absolute atomic E-state index is 8.95. The van der Waals surface area contributed by atoms with Gasteiger partial charge in [-0.25, -0.2) is 0 Å². The lowest BCUT2D eigenvalue weighted by Crippen LogP contribution is -2.15. The van der Waals surface area contributed by atoms with Crippen LogP contribution in [0.15, 0.2) is 59.8 Å². The number of hydrogen-bond acceptors (Lipinski definition) is 3. The standard InChI is InChI=1S/C16H18N2O2/c17-16(10-13-4-2-1-3-5-13)18-20-12-15-8-6-14(11-19)7-9-15/h1-9,19H,10-12H2,(H2,17,18). The molecular weight excluding hydrogens is 252 g/mol. The smallest absolute Gasteiger partial charge is 0.143 e. The van der Waals surface area contributed by atoms with Gasteiger partial charge in [0.25, 0.3) is 0 Å². The van der Waals surface area contributed by atoms with Gasteiger partial charge in [0, 0.05) is 6.42 Å². The summed E-state index contributed by atoms with van der Waals surface area (Å²) in [5, 5.41) is 12.9. The number of aliphatic hydroxyl groups is 1. The molecule has 0 saturated heterocycles. The fraction of sp³-hybridized carbons (Fsp3) is 0.188. The van der Waals surface area contributed by atoms with Crippen LogP contribution < -0.4 is 5.73 Å². The number of nitrogens with two attached hydrogens (primary N) is 1. The average molecular weight is 270 g/mol. The first-order chi connectivity index (χ1) is 9.78. The SMILES string of the molecule is N/C(Cc1ccccc1)=N/OCc1ccc(CO)cc1. The van der Waals surface area contributed by atoms with Gasteiger partial charge in [0.05, 0.1) is 6.61 Å². The zero-order chi connectivity index (χ0) is 14.2. The Bertz CT molecular complexity index is 550. The molecule has 20 heavy (non-hydrogen) atoms. The van der Waals surface area contributed by atoms with Gasteiger partial charge in [-0.1, -0.05) is 59.8 Å². The van der Waals surface area contributed by atoms with Crippen molar-refractivity contribution in [2.24, 2.45) is 10.9 Å². The van der Waals surface area contributed by atoms with E-state index < -0.39 is 0 Å². The van der Waals surface area contributed by atoms with E-state index in [9.17, 15) is 0 Å². The number of aliphatic hydroxyl groups excluding tert-OH is 1. The van der Waals surface area contributed by atoms with E-state index in [1.165, 1.54) is 0 Å². The highest BCUT2D eigenvalue weighted by molar-refractivity contribution is 5.82. The largest absolute Gasteiger partial charge is 0.392 e. The van der Waals surface area contributed by atoms with Crippen LogP contribution in [-0.4, -0.2) is 10.9 Å². The van der Waals surface area contributed by atoms with Crippen LogP contribution in [0.4, 0.5) is 0 Å². The van der Waals surface area contributed by atoms with E-state index in [2.05, 4.69) is 5.16 Å². The van der Waals surface area contributed by atoms with Crippen molar-refractivity contribution in [1.82, 2.24) is 0 Å². The molecule has 4 nitrogen and oxygen atoms in total. The minimum Gasteiger partial charge on any atom is -0.392 e. The van der Waals surface area contributed by atoms with Crippen molar-refractivity contribution >= 4 is 5.84 Å². The number of amidine groups is 1. The maximum Gasteiger partial charge on any atom is 0.143 e. The molecule has 0 aliphatic heterocycles. The Morgan fingerprint density at radius 2 is 1.60 bits per heavy atom. The topological polar surface area (TPSA) is 67.8 Å². The van der Waals surface area contributed by atoms with Crippen LogP contribution >= 0.6 is 0 Å². The molecule has 2 aromatic carbocycles. The van der Waals surface area contributed by atoms with Crippen molar-refractivity contribution in [3.63, 3.8) is 0 Å². The van der Waals surface area contributed by atoms with Crippen LogP contribution in [0.3, 0.4) is 0 Å². The molecule has 104 valence electrons. The fourth-order valence-corrected chi connectivity index (χ4v) is 1.77. The third-order valence-electron chi connectivity index (χ3n) is 2.85. The van der Waals surface area contributed by atoms with Gasteiger partial charge in [0.2, 0.25) is 0 Å². The average Bonchev–Trinajstić information content (AvgIpc) is 2.49. The van der Waals surface area contributed by atoms with E-state index >= 15 is 0 Å². The van der Waals surface area contributed by atoms with E-state index in [1.54, 1.807) is 0 Å². The first-order valence-corrected chi connectivity index (χ1v) is 6.45. The predicted molar refractivity (Wildman–Crippen MR) is 78.9 cm³/mol. The molecule has 0 saturated carbocycles. The third-order valence-corrected chi connectivity index (χ3v) is 2.85. The van der Waals surface area contributed by atoms with E-state index in [4.69, 9.17) is 15.7 Å². The summed E-state index contributed by atoms with van der Waals surface area (Å²) in [5.41, 5.74) is 8.77.